The Morgan fingerprint density at radius 2 is 2.06 bits per heavy atom. The Kier molecular flexibility index (Phi) is 3.77. The molecule has 17 heavy (non-hydrogen) atoms. The van der Waals surface area contributed by atoms with E-state index in [4.69, 9.17) is 0 Å². The number of carbonyl (C=O) groups is 1. The quantitative estimate of drug-likeness (QED) is 0.801. The molecule has 0 aliphatic heterocycles. The van der Waals surface area contributed by atoms with Crippen LogP contribution in [-0.4, -0.2) is 5.91 Å². The lowest BCUT2D eigenvalue weighted by molar-refractivity contribution is -0.129. The minimum absolute atomic E-state index is 0.177. The van der Waals surface area contributed by atoms with Gasteiger partial charge in [0.2, 0.25) is 0 Å². The molecule has 2 unspecified atom stereocenters. The first-order valence-corrected chi connectivity index (χ1v) is 6.25. The zero-order chi connectivity index (χ0) is 12.3. The zero-order valence-electron chi connectivity index (χ0n) is 10.1. The highest BCUT2D eigenvalue weighted by atomic mass is 19.2. The van der Waals surface area contributed by atoms with Crippen LogP contribution in [0.15, 0.2) is 24.3 Å². The maximum atomic E-state index is 12.2. The van der Waals surface area contributed by atoms with Crippen molar-refractivity contribution in [3.05, 3.63) is 35.4 Å². The molecular formula is C14H18FNO. The third-order valence-electron chi connectivity index (χ3n) is 3.76. The Hall–Kier alpha value is -1.38. The predicted octanol–water partition coefficient (Wildman–Crippen LogP) is 3.13. The normalized spacial score (nSPS) is 23.6. The van der Waals surface area contributed by atoms with Crippen LogP contribution >= 0.6 is 0 Å². The number of amides is 1. The maximum absolute atomic E-state index is 12.2. The number of nitrogens with one attached hydrogen (secondary N) is 1. The van der Waals surface area contributed by atoms with Crippen molar-refractivity contribution < 1.29 is 9.28 Å². The molecule has 0 heterocycles. The monoisotopic (exact) mass is 235 g/mol. The van der Waals surface area contributed by atoms with E-state index in [2.05, 4.69) is 31.2 Å². The van der Waals surface area contributed by atoms with Gasteiger partial charge in [0.05, 0.1) is 0 Å². The van der Waals surface area contributed by atoms with E-state index in [9.17, 15) is 9.28 Å². The molecule has 0 bridgehead atoms. The number of halogens is 1. The van der Waals surface area contributed by atoms with Gasteiger partial charge in [0.15, 0.2) is 0 Å². The van der Waals surface area contributed by atoms with Gasteiger partial charge in [0.25, 0.3) is 5.91 Å². The minimum atomic E-state index is -0.466. The molecule has 0 spiro atoms. The van der Waals surface area contributed by atoms with E-state index < -0.39 is 5.91 Å². The van der Waals surface area contributed by atoms with E-state index in [0.29, 0.717) is 0 Å². The lowest BCUT2D eigenvalue weighted by atomic mass is 9.88. The molecule has 2 nitrogen and oxygen atoms in total. The standard InChI is InChI=1S/C14H18FNO/c1-2-10-6-8-11(9-7-10)12-4-3-5-13(12)14(17)16-15/h6-9,12-13H,2-5H2,1H3,(H,16,17). The van der Waals surface area contributed by atoms with Crippen LogP contribution in [0.2, 0.25) is 0 Å². The number of aryl methyl sites for hydroxylation is 1. The van der Waals surface area contributed by atoms with Crippen molar-refractivity contribution in [2.75, 3.05) is 0 Å². The molecule has 1 aliphatic rings. The van der Waals surface area contributed by atoms with Crippen molar-refractivity contribution in [3.63, 3.8) is 0 Å². The fraction of sp³-hybridized carbons (Fsp3) is 0.500. The summed E-state index contributed by atoms with van der Waals surface area (Å²) in [5, 5.41) is 0. The number of benzene rings is 1. The SMILES string of the molecule is CCc1ccc(C2CCCC2C(=O)NF)cc1. The van der Waals surface area contributed by atoms with Crippen LogP contribution in [0.4, 0.5) is 4.48 Å². The fourth-order valence-corrected chi connectivity index (χ4v) is 2.74. The average molecular weight is 235 g/mol. The molecular weight excluding hydrogens is 217 g/mol. The van der Waals surface area contributed by atoms with Crippen LogP contribution in [0.3, 0.4) is 0 Å². The van der Waals surface area contributed by atoms with Gasteiger partial charge in [-0.1, -0.05) is 37.6 Å². The van der Waals surface area contributed by atoms with E-state index in [1.165, 1.54) is 11.1 Å². The Morgan fingerprint density at radius 1 is 1.35 bits per heavy atom. The molecule has 1 aromatic rings. The summed E-state index contributed by atoms with van der Waals surface area (Å²) in [5.74, 6) is -0.490. The van der Waals surface area contributed by atoms with E-state index in [1.54, 1.807) is 0 Å². The van der Waals surface area contributed by atoms with Crippen molar-refractivity contribution in [3.8, 4) is 0 Å². The second kappa shape index (κ2) is 5.30. The van der Waals surface area contributed by atoms with Crippen LogP contribution in [0.1, 0.15) is 43.2 Å². The number of hydrogen-bond donors (Lipinski definition) is 1. The Bertz CT molecular complexity index is 388. The molecule has 0 saturated heterocycles. The molecule has 1 amide bonds. The smallest absolute Gasteiger partial charge is 0.251 e. The first-order valence-electron chi connectivity index (χ1n) is 6.25. The number of hydrogen-bond acceptors (Lipinski definition) is 1. The molecule has 0 aromatic heterocycles. The van der Waals surface area contributed by atoms with E-state index in [1.807, 2.05) is 0 Å². The highest BCUT2D eigenvalue weighted by Crippen LogP contribution is 2.39. The van der Waals surface area contributed by atoms with Crippen LogP contribution in [0.5, 0.6) is 0 Å². The molecule has 2 atom stereocenters. The highest BCUT2D eigenvalue weighted by molar-refractivity contribution is 5.79. The number of carbonyl (C=O) groups excluding carboxylic acids is 1. The van der Waals surface area contributed by atoms with Crippen LogP contribution in [0, 0.1) is 5.92 Å². The molecule has 1 saturated carbocycles. The van der Waals surface area contributed by atoms with Crippen LogP contribution in [-0.2, 0) is 11.2 Å². The summed E-state index contributed by atoms with van der Waals surface area (Å²) in [6.07, 6.45) is 3.77. The summed E-state index contributed by atoms with van der Waals surface area (Å²) < 4.78 is 12.2. The molecule has 92 valence electrons. The Balaban J connectivity index is 2.17. The molecule has 1 N–H and O–H groups in total. The summed E-state index contributed by atoms with van der Waals surface area (Å²) >= 11 is 0. The van der Waals surface area contributed by atoms with Crippen LogP contribution in [0.25, 0.3) is 0 Å². The highest BCUT2D eigenvalue weighted by Gasteiger charge is 2.33. The predicted molar refractivity (Wildman–Crippen MR) is 65.2 cm³/mol. The Morgan fingerprint density at radius 3 is 2.65 bits per heavy atom. The summed E-state index contributed by atoms with van der Waals surface area (Å²) in [7, 11) is 0. The molecule has 2 rings (SSSR count). The van der Waals surface area contributed by atoms with Crippen molar-refractivity contribution in [2.45, 2.75) is 38.5 Å². The molecule has 1 aliphatic carbocycles. The first kappa shape index (κ1) is 12.1. The Labute approximate surface area is 101 Å². The van der Waals surface area contributed by atoms with Gasteiger partial charge >= 0.3 is 0 Å². The van der Waals surface area contributed by atoms with Crippen molar-refractivity contribution in [2.24, 2.45) is 5.92 Å². The van der Waals surface area contributed by atoms with Crippen molar-refractivity contribution in [1.29, 1.82) is 0 Å². The molecule has 1 aromatic carbocycles. The molecule has 1 fully saturated rings. The minimum Gasteiger partial charge on any atom is -0.272 e. The average Bonchev–Trinajstić information content (AvgIpc) is 2.87. The largest absolute Gasteiger partial charge is 0.272 e. The third-order valence-corrected chi connectivity index (χ3v) is 3.76. The van der Waals surface area contributed by atoms with Gasteiger partial charge in [0, 0.05) is 5.92 Å². The van der Waals surface area contributed by atoms with Gasteiger partial charge < -0.3 is 0 Å². The summed E-state index contributed by atoms with van der Waals surface area (Å²) in [5.41, 5.74) is 3.74. The van der Waals surface area contributed by atoms with Gasteiger partial charge in [-0.05, 0) is 36.3 Å². The summed E-state index contributed by atoms with van der Waals surface area (Å²) in [6.45, 7) is 2.12. The second-order valence-corrected chi connectivity index (χ2v) is 4.70. The van der Waals surface area contributed by atoms with Crippen molar-refractivity contribution in [1.82, 2.24) is 5.54 Å². The fourth-order valence-electron chi connectivity index (χ4n) is 2.74. The van der Waals surface area contributed by atoms with Gasteiger partial charge in [-0.3, -0.25) is 4.79 Å². The van der Waals surface area contributed by atoms with Gasteiger partial charge in [-0.2, -0.15) is 5.54 Å². The van der Waals surface area contributed by atoms with Crippen LogP contribution < -0.4 is 5.54 Å². The first-order chi connectivity index (χ1) is 8.26. The summed E-state index contributed by atoms with van der Waals surface area (Å²) in [6, 6.07) is 8.34. The zero-order valence-corrected chi connectivity index (χ0v) is 10.1. The van der Waals surface area contributed by atoms with Gasteiger partial charge in [-0.25, -0.2) is 0 Å². The molecule has 3 heteroatoms. The maximum Gasteiger partial charge on any atom is 0.251 e. The van der Waals surface area contributed by atoms with E-state index in [0.717, 1.165) is 31.2 Å². The van der Waals surface area contributed by atoms with E-state index in [-0.39, 0.29) is 11.8 Å². The summed E-state index contributed by atoms with van der Waals surface area (Å²) in [4.78, 5) is 11.4. The third kappa shape index (κ3) is 2.48. The second-order valence-electron chi connectivity index (χ2n) is 4.70. The van der Waals surface area contributed by atoms with E-state index >= 15 is 0 Å². The molecule has 0 radical (unpaired) electrons. The lowest BCUT2D eigenvalue weighted by Crippen LogP contribution is -2.26. The van der Waals surface area contributed by atoms with Crippen molar-refractivity contribution >= 4 is 5.91 Å². The number of rotatable bonds is 3. The lowest BCUT2D eigenvalue weighted by Gasteiger charge is -2.17. The van der Waals surface area contributed by atoms with Gasteiger partial charge in [0.1, 0.15) is 0 Å². The van der Waals surface area contributed by atoms with Gasteiger partial charge in [-0.15, -0.1) is 4.48 Å². The topological polar surface area (TPSA) is 29.1 Å².